The lowest BCUT2D eigenvalue weighted by Gasteiger charge is -2.45. The van der Waals surface area contributed by atoms with E-state index in [1.165, 1.54) is 18.2 Å². The predicted octanol–water partition coefficient (Wildman–Crippen LogP) is 2.65. The zero-order chi connectivity index (χ0) is 14.2. The first kappa shape index (κ1) is 14.3. The van der Waals surface area contributed by atoms with Crippen molar-refractivity contribution in [3.8, 4) is 0 Å². The van der Waals surface area contributed by atoms with Crippen molar-refractivity contribution < 1.29 is 9.18 Å². The number of benzene rings is 1. The molecule has 19 heavy (non-hydrogen) atoms. The standard InChI is InChI=1S/C14H18ClFN2O/c1-14(2)9-18(7-6-17(14)3)13(19)11-8-10(15)4-5-12(11)16/h4-5,8H,6-7,9H2,1-3H3. The van der Waals surface area contributed by atoms with Gasteiger partial charge in [0.15, 0.2) is 0 Å². The molecule has 5 heteroatoms. The molecule has 1 amide bonds. The van der Waals surface area contributed by atoms with Crippen LogP contribution in [0.4, 0.5) is 4.39 Å². The first-order valence-electron chi connectivity index (χ1n) is 6.27. The van der Waals surface area contributed by atoms with E-state index in [1.807, 2.05) is 7.05 Å². The Bertz CT molecular complexity index is 504. The van der Waals surface area contributed by atoms with Gasteiger partial charge in [-0.2, -0.15) is 0 Å². The maximum atomic E-state index is 13.7. The second-order valence-corrected chi connectivity index (χ2v) is 6.02. The van der Waals surface area contributed by atoms with Crippen LogP contribution in [0, 0.1) is 5.82 Å². The van der Waals surface area contributed by atoms with Gasteiger partial charge in [-0.3, -0.25) is 9.69 Å². The second kappa shape index (κ2) is 5.10. The van der Waals surface area contributed by atoms with Crippen LogP contribution in [-0.2, 0) is 0 Å². The average molecular weight is 285 g/mol. The second-order valence-electron chi connectivity index (χ2n) is 5.58. The van der Waals surface area contributed by atoms with Crippen molar-refractivity contribution in [2.45, 2.75) is 19.4 Å². The largest absolute Gasteiger partial charge is 0.335 e. The lowest BCUT2D eigenvalue weighted by atomic mass is 9.99. The minimum absolute atomic E-state index is 0.0489. The highest BCUT2D eigenvalue weighted by Gasteiger charge is 2.34. The Hall–Kier alpha value is -1.13. The molecule has 0 atom stereocenters. The van der Waals surface area contributed by atoms with Crippen LogP contribution in [0.3, 0.4) is 0 Å². The molecule has 0 N–H and O–H groups in total. The highest BCUT2D eigenvalue weighted by atomic mass is 35.5. The Morgan fingerprint density at radius 1 is 1.37 bits per heavy atom. The molecule has 1 heterocycles. The van der Waals surface area contributed by atoms with Crippen LogP contribution in [-0.4, -0.2) is 47.9 Å². The first-order chi connectivity index (χ1) is 8.81. The summed E-state index contributed by atoms with van der Waals surface area (Å²) >= 11 is 5.83. The number of carbonyl (C=O) groups excluding carboxylic acids is 1. The van der Waals surface area contributed by atoms with Crippen LogP contribution in [0.2, 0.25) is 5.02 Å². The summed E-state index contributed by atoms with van der Waals surface area (Å²) in [4.78, 5) is 16.3. The fraction of sp³-hybridized carbons (Fsp3) is 0.500. The summed E-state index contributed by atoms with van der Waals surface area (Å²) in [5.74, 6) is -0.813. The Morgan fingerprint density at radius 2 is 2.05 bits per heavy atom. The van der Waals surface area contributed by atoms with E-state index in [9.17, 15) is 9.18 Å². The monoisotopic (exact) mass is 284 g/mol. The average Bonchev–Trinajstić information content (AvgIpc) is 2.35. The number of hydrogen-bond donors (Lipinski definition) is 0. The van der Waals surface area contributed by atoms with Crippen molar-refractivity contribution >= 4 is 17.5 Å². The van der Waals surface area contributed by atoms with Crippen molar-refractivity contribution in [1.82, 2.24) is 9.80 Å². The molecule has 1 aromatic carbocycles. The van der Waals surface area contributed by atoms with Gasteiger partial charge in [-0.15, -0.1) is 0 Å². The normalized spacial score (nSPS) is 19.5. The van der Waals surface area contributed by atoms with Gasteiger partial charge in [-0.25, -0.2) is 4.39 Å². The fourth-order valence-corrected chi connectivity index (χ4v) is 2.42. The van der Waals surface area contributed by atoms with Gasteiger partial charge in [0.05, 0.1) is 5.56 Å². The van der Waals surface area contributed by atoms with Gasteiger partial charge in [0, 0.05) is 30.2 Å². The molecule has 0 unspecified atom stereocenters. The summed E-state index contributed by atoms with van der Waals surface area (Å²) in [7, 11) is 2.03. The van der Waals surface area contributed by atoms with Gasteiger partial charge in [0.2, 0.25) is 0 Å². The van der Waals surface area contributed by atoms with Crippen molar-refractivity contribution in [2.75, 3.05) is 26.7 Å². The van der Waals surface area contributed by atoms with E-state index in [4.69, 9.17) is 11.6 Å². The first-order valence-corrected chi connectivity index (χ1v) is 6.64. The maximum Gasteiger partial charge on any atom is 0.256 e. The fourth-order valence-electron chi connectivity index (χ4n) is 2.25. The molecule has 1 aliphatic rings. The summed E-state index contributed by atoms with van der Waals surface area (Å²) in [6.07, 6.45) is 0. The van der Waals surface area contributed by atoms with Crippen molar-refractivity contribution in [3.05, 3.63) is 34.6 Å². The van der Waals surface area contributed by atoms with Crippen LogP contribution in [0.5, 0.6) is 0 Å². The summed E-state index contributed by atoms with van der Waals surface area (Å²) in [5.41, 5.74) is -0.0592. The Labute approximate surface area is 117 Å². The molecule has 0 spiro atoms. The summed E-state index contributed by atoms with van der Waals surface area (Å²) in [6, 6.07) is 4.07. The van der Waals surface area contributed by atoms with Gasteiger partial charge in [-0.1, -0.05) is 11.6 Å². The van der Waals surface area contributed by atoms with Gasteiger partial charge < -0.3 is 4.90 Å². The van der Waals surface area contributed by atoms with Gasteiger partial charge in [0.25, 0.3) is 5.91 Å². The van der Waals surface area contributed by atoms with E-state index in [0.29, 0.717) is 18.1 Å². The zero-order valence-corrected chi connectivity index (χ0v) is 12.2. The SMILES string of the molecule is CN1CCN(C(=O)c2cc(Cl)ccc2F)CC1(C)C. The Balaban J connectivity index is 2.23. The molecule has 0 aromatic heterocycles. The molecule has 1 fully saturated rings. The van der Waals surface area contributed by atoms with E-state index in [1.54, 1.807) is 4.90 Å². The van der Waals surface area contributed by atoms with Crippen LogP contribution >= 0.6 is 11.6 Å². The Kier molecular flexibility index (Phi) is 3.83. The number of likely N-dealkylation sites (N-methyl/N-ethyl adjacent to an activating group) is 1. The Morgan fingerprint density at radius 3 is 2.68 bits per heavy atom. The van der Waals surface area contributed by atoms with E-state index < -0.39 is 5.82 Å². The minimum Gasteiger partial charge on any atom is -0.335 e. The van der Waals surface area contributed by atoms with Crippen molar-refractivity contribution in [2.24, 2.45) is 0 Å². The third kappa shape index (κ3) is 2.90. The molecule has 1 saturated heterocycles. The van der Waals surface area contributed by atoms with Gasteiger partial charge >= 0.3 is 0 Å². The quantitative estimate of drug-likeness (QED) is 0.791. The highest BCUT2D eigenvalue weighted by Crippen LogP contribution is 2.22. The molecule has 0 aliphatic carbocycles. The lowest BCUT2D eigenvalue weighted by molar-refractivity contribution is 0.0308. The van der Waals surface area contributed by atoms with Crippen LogP contribution in [0.25, 0.3) is 0 Å². The highest BCUT2D eigenvalue weighted by molar-refractivity contribution is 6.31. The summed E-state index contributed by atoms with van der Waals surface area (Å²) in [5, 5.41) is 0.373. The van der Waals surface area contributed by atoms with E-state index >= 15 is 0 Å². The third-order valence-corrected chi connectivity index (χ3v) is 4.00. The molecular formula is C14H18ClFN2O. The number of nitrogens with zero attached hydrogens (tertiary/aromatic N) is 2. The number of halogens is 2. The summed E-state index contributed by atoms with van der Waals surface area (Å²) < 4.78 is 13.7. The topological polar surface area (TPSA) is 23.6 Å². The predicted molar refractivity (Wildman–Crippen MR) is 74.0 cm³/mol. The molecule has 2 rings (SSSR count). The number of rotatable bonds is 1. The molecule has 3 nitrogen and oxygen atoms in total. The minimum atomic E-state index is -0.522. The molecule has 104 valence electrons. The van der Waals surface area contributed by atoms with E-state index in [-0.39, 0.29) is 17.0 Å². The van der Waals surface area contributed by atoms with Crippen molar-refractivity contribution in [1.29, 1.82) is 0 Å². The maximum absolute atomic E-state index is 13.7. The number of piperazine rings is 1. The van der Waals surface area contributed by atoms with E-state index in [0.717, 1.165) is 6.54 Å². The lowest BCUT2D eigenvalue weighted by Crippen LogP contribution is -2.58. The zero-order valence-electron chi connectivity index (χ0n) is 11.4. The molecule has 0 bridgehead atoms. The smallest absolute Gasteiger partial charge is 0.256 e. The molecule has 0 saturated carbocycles. The van der Waals surface area contributed by atoms with Crippen LogP contribution in [0.15, 0.2) is 18.2 Å². The number of carbonyl (C=O) groups is 1. The van der Waals surface area contributed by atoms with Gasteiger partial charge in [-0.05, 0) is 39.1 Å². The molecule has 1 aliphatic heterocycles. The van der Waals surface area contributed by atoms with Crippen molar-refractivity contribution in [3.63, 3.8) is 0 Å². The van der Waals surface area contributed by atoms with Gasteiger partial charge in [0.1, 0.15) is 5.82 Å². The number of hydrogen-bond acceptors (Lipinski definition) is 2. The molecule has 1 aromatic rings. The van der Waals surface area contributed by atoms with E-state index in [2.05, 4.69) is 18.7 Å². The molecule has 0 radical (unpaired) electrons. The van der Waals surface area contributed by atoms with Crippen LogP contribution < -0.4 is 0 Å². The summed E-state index contributed by atoms with van der Waals surface area (Å²) in [6.45, 7) is 6.10. The molecular weight excluding hydrogens is 267 g/mol. The number of amides is 1. The third-order valence-electron chi connectivity index (χ3n) is 3.76. The van der Waals surface area contributed by atoms with Crippen LogP contribution in [0.1, 0.15) is 24.2 Å².